The molecule has 0 aliphatic rings. The number of ether oxygens (including phenoxy) is 1. The van der Waals surface area contributed by atoms with Crippen molar-refractivity contribution in [1.82, 2.24) is 0 Å². The summed E-state index contributed by atoms with van der Waals surface area (Å²) in [6.45, 7) is 6.40. The highest BCUT2D eigenvalue weighted by Crippen LogP contribution is 2.29. The van der Waals surface area contributed by atoms with Gasteiger partial charge in [-0.15, -0.1) is 0 Å². The summed E-state index contributed by atoms with van der Waals surface area (Å²) in [5, 5.41) is 9.60. The van der Waals surface area contributed by atoms with E-state index in [0.717, 1.165) is 23.3 Å². The van der Waals surface area contributed by atoms with Crippen LogP contribution >= 0.6 is 0 Å². The van der Waals surface area contributed by atoms with Crippen LogP contribution in [0.2, 0.25) is 0 Å². The van der Waals surface area contributed by atoms with Gasteiger partial charge in [0.25, 0.3) is 0 Å². The molecule has 2 aromatic carbocycles. The molecular weight excluding hydrogens is 260 g/mol. The Kier molecular flexibility index (Phi) is 5.40. The van der Waals surface area contributed by atoms with E-state index in [1.165, 1.54) is 5.56 Å². The Bertz CT molecular complexity index is 563. The molecule has 2 atom stereocenters. The van der Waals surface area contributed by atoms with Gasteiger partial charge in [-0.25, -0.2) is 0 Å². The fourth-order valence-electron chi connectivity index (χ4n) is 2.36. The Labute approximate surface area is 127 Å². The predicted octanol–water partition coefficient (Wildman–Crippen LogP) is 4.83. The van der Waals surface area contributed by atoms with Gasteiger partial charge in [-0.3, -0.25) is 0 Å². The van der Waals surface area contributed by atoms with Gasteiger partial charge in [0, 0.05) is 5.56 Å². The maximum Gasteiger partial charge on any atom is 0.125 e. The fraction of sp³-hybridized carbons (Fsp3) is 0.368. The number of hydrogen-bond acceptors (Lipinski definition) is 2. The number of aliphatic hydroxyl groups excluding tert-OH is 1. The zero-order valence-electron chi connectivity index (χ0n) is 13.0. The van der Waals surface area contributed by atoms with E-state index in [1.54, 1.807) is 0 Å². The van der Waals surface area contributed by atoms with Crippen molar-refractivity contribution in [3.8, 4) is 5.75 Å². The van der Waals surface area contributed by atoms with Crippen molar-refractivity contribution >= 4 is 0 Å². The van der Waals surface area contributed by atoms with Crippen LogP contribution in [0.3, 0.4) is 0 Å². The second-order valence-electron chi connectivity index (χ2n) is 5.51. The summed E-state index contributed by atoms with van der Waals surface area (Å²) in [5.74, 6) is 1.26. The summed E-state index contributed by atoms with van der Waals surface area (Å²) in [6, 6.07) is 16.3. The van der Waals surface area contributed by atoms with Crippen molar-refractivity contribution in [2.75, 3.05) is 0 Å². The van der Waals surface area contributed by atoms with Crippen LogP contribution in [0, 0.1) is 0 Å². The summed E-state index contributed by atoms with van der Waals surface area (Å²) in [5.41, 5.74) is 3.24. The lowest BCUT2D eigenvalue weighted by atomic mass is 9.96. The van der Waals surface area contributed by atoms with Gasteiger partial charge in [-0.2, -0.15) is 0 Å². The molecule has 0 radical (unpaired) electrons. The minimum atomic E-state index is -0.0362. The van der Waals surface area contributed by atoms with E-state index >= 15 is 0 Å². The standard InChI is InChI=1S/C19H24O2/c1-4-14(2)17-10-11-19(18(12-17)13-20)21-15(3)16-8-6-5-7-9-16/h5-12,14-15,20H,4,13H2,1-3H3. The lowest BCUT2D eigenvalue weighted by Gasteiger charge is -2.19. The number of rotatable bonds is 6. The smallest absolute Gasteiger partial charge is 0.125 e. The highest BCUT2D eigenvalue weighted by Gasteiger charge is 2.12. The Hall–Kier alpha value is -1.80. The molecular formula is C19H24O2. The maximum atomic E-state index is 9.60. The molecule has 0 aromatic heterocycles. The van der Waals surface area contributed by atoms with Gasteiger partial charge < -0.3 is 9.84 Å². The van der Waals surface area contributed by atoms with Gasteiger partial charge in [0.05, 0.1) is 6.61 Å². The third-order valence-corrected chi connectivity index (χ3v) is 4.01. The quantitative estimate of drug-likeness (QED) is 0.823. The van der Waals surface area contributed by atoms with Crippen molar-refractivity contribution in [3.05, 3.63) is 65.2 Å². The number of hydrogen-bond donors (Lipinski definition) is 1. The van der Waals surface area contributed by atoms with E-state index in [-0.39, 0.29) is 12.7 Å². The van der Waals surface area contributed by atoms with Gasteiger partial charge in [-0.1, -0.05) is 50.2 Å². The second-order valence-corrected chi connectivity index (χ2v) is 5.51. The number of aliphatic hydroxyl groups is 1. The van der Waals surface area contributed by atoms with Crippen molar-refractivity contribution in [2.45, 2.75) is 45.8 Å². The van der Waals surface area contributed by atoms with Gasteiger partial charge in [-0.05, 0) is 42.5 Å². The topological polar surface area (TPSA) is 29.5 Å². The summed E-state index contributed by atoms with van der Waals surface area (Å²) >= 11 is 0. The van der Waals surface area contributed by atoms with Gasteiger partial charge in [0.2, 0.25) is 0 Å². The highest BCUT2D eigenvalue weighted by atomic mass is 16.5. The van der Waals surface area contributed by atoms with Crippen molar-refractivity contribution < 1.29 is 9.84 Å². The SMILES string of the molecule is CCC(C)c1ccc(OC(C)c2ccccc2)c(CO)c1. The molecule has 112 valence electrons. The molecule has 2 nitrogen and oxygen atoms in total. The molecule has 0 heterocycles. The monoisotopic (exact) mass is 284 g/mol. The van der Waals surface area contributed by atoms with Crippen molar-refractivity contribution in [1.29, 1.82) is 0 Å². The van der Waals surface area contributed by atoms with Gasteiger partial charge >= 0.3 is 0 Å². The molecule has 0 aliphatic heterocycles. The summed E-state index contributed by atoms with van der Waals surface area (Å²) in [6.07, 6.45) is 1.05. The Morgan fingerprint density at radius 2 is 1.71 bits per heavy atom. The minimum Gasteiger partial charge on any atom is -0.486 e. The first-order valence-corrected chi connectivity index (χ1v) is 7.61. The van der Waals surface area contributed by atoms with Crippen LogP contribution < -0.4 is 4.74 Å². The van der Waals surface area contributed by atoms with Crippen LogP contribution in [0.1, 0.15) is 55.9 Å². The van der Waals surface area contributed by atoms with Crippen molar-refractivity contribution in [2.24, 2.45) is 0 Å². The molecule has 0 spiro atoms. The summed E-state index contributed by atoms with van der Waals surface area (Å²) in [4.78, 5) is 0. The van der Waals surface area contributed by atoms with E-state index in [4.69, 9.17) is 4.74 Å². The maximum absolute atomic E-state index is 9.60. The van der Waals surface area contributed by atoms with Gasteiger partial charge in [0.15, 0.2) is 0 Å². The molecule has 2 unspecified atom stereocenters. The molecule has 21 heavy (non-hydrogen) atoms. The molecule has 2 aromatic rings. The Morgan fingerprint density at radius 1 is 1.00 bits per heavy atom. The first kappa shape index (κ1) is 15.6. The van der Waals surface area contributed by atoms with Crippen LogP contribution in [0.25, 0.3) is 0 Å². The van der Waals surface area contributed by atoms with Crippen LogP contribution in [0.15, 0.2) is 48.5 Å². The predicted molar refractivity (Wildman–Crippen MR) is 86.6 cm³/mol. The van der Waals surface area contributed by atoms with E-state index in [2.05, 4.69) is 38.1 Å². The minimum absolute atomic E-state index is 0.00111. The average Bonchev–Trinajstić information content (AvgIpc) is 2.55. The molecule has 0 saturated heterocycles. The molecule has 2 heteroatoms. The molecule has 0 saturated carbocycles. The van der Waals surface area contributed by atoms with Crippen LogP contribution in [-0.2, 0) is 6.61 Å². The molecule has 0 amide bonds. The van der Waals surface area contributed by atoms with E-state index in [9.17, 15) is 5.11 Å². The lowest BCUT2D eigenvalue weighted by Crippen LogP contribution is -2.05. The largest absolute Gasteiger partial charge is 0.486 e. The zero-order chi connectivity index (χ0) is 15.2. The molecule has 2 rings (SSSR count). The molecule has 1 N–H and O–H groups in total. The van der Waals surface area contributed by atoms with Crippen LogP contribution in [0.4, 0.5) is 0 Å². The number of benzene rings is 2. The third kappa shape index (κ3) is 3.85. The average molecular weight is 284 g/mol. The zero-order valence-corrected chi connectivity index (χ0v) is 13.0. The second kappa shape index (κ2) is 7.28. The van der Waals surface area contributed by atoms with E-state index in [0.29, 0.717) is 5.92 Å². The highest BCUT2D eigenvalue weighted by molar-refractivity contribution is 5.38. The molecule has 0 aliphatic carbocycles. The van der Waals surface area contributed by atoms with Crippen molar-refractivity contribution in [3.63, 3.8) is 0 Å². The summed E-state index contributed by atoms with van der Waals surface area (Å²) < 4.78 is 6.03. The van der Waals surface area contributed by atoms with E-state index < -0.39 is 0 Å². The Morgan fingerprint density at radius 3 is 2.33 bits per heavy atom. The summed E-state index contributed by atoms with van der Waals surface area (Å²) in [7, 11) is 0. The van der Waals surface area contributed by atoms with Crippen LogP contribution in [-0.4, -0.2) is 5.11 Å². The first-order chi connectivity index (χ1) is 10.2. The Balaban J connectivity index is 2.20. The normalized spacial score (nSPS) is 13.7. The van der Waals surface area contributed by atoms with E-state index in [1.807, 2.05) is 31.2 Å². The van der Waals surface area contributed by atoms with Crippen LogP contribution in [0.5, 0.6) is 5.75 Å². The fourth-order valence-corrected chi connectivity index (χ4v) is 2.36. The molecule has 0 fully saturated rings. The third-order valence-electron chi connectivity index (χ3n) is 4.01. The lowest BCUT2D eigenvalue weighted by molar-refractivity contribution is 0.213. The van der Waals surface area contributed by atoms with Gasteiger partial charge in [0.1, 0.15) is 11.9 Å². The molecule has 0 bridgehead atoms. The first-order valence-electron chi connectivity index (χ1n) is 7.61.